The maximum Gasteiger partial charge on any atom is 0.146 e. The molecule has 0 aliphatic heterocycles. The fraction of sp³-hybridized carbons (Fsp3) is 0.333. The molecule has 1 N–H and O–H groups in total. The van der Waals surface area contributed by atoms with Crippen molar-refractivity contribution in [2.75, 3.05) is 5.32 Å². The molecule has 2 rings (SSSR count). The molecule has 2 aromatic carbocycles. The Morgan fingerprint density at radius 1 is 0.952 bits per heavy atom. The molecule has 0 spiro atoms. The molecule has 112 valence electrons. The van der Waals surface area contributed by atoms with Crippen molar-refractivity contribution in [2.24, 2.45) is 0 Å². The fourth-order valence-electron chi connectivity index (χ4n) is 2.20. The number of anilines is 1. The molecule has 0 saturated carbocycles. The summed E-state index contributed by atoms with van der Waals surface area (Å²) in [6, 6.07) is 11.5. The van der Waals surface area contributed by atoms with Crippen LogP contribution in [0, 0.1) is 11.6 Å². The molecule has 0 fully saturated rings. The van der Waals surface area contributed by atoms with Gasteiger partial charge in [0.1, 0.15) is 11.6 Å². The largest absolute Gasteiger partial charge is 0.376 e. The number of hydrogen-bond donors (Lipinski definition) is 1. The topological polar surface area (TPSA) is 12.0 Å². The Morgan fingerprint density at radius 2 is 1.57 bits per heavy atom. The van der Waals surface area contributed by atoms with E-state index in [1.807, 2.05) is 19.1 Å². The number of rotatable bonds is 3. The first kappa shape index (κ1) is 15.5. The quantitative estimate of drug-likeness (QED) is 0.793. The van der Waals surface area contributed by atoms with Gasteiger partial charge < -0.3 is 5.32 Å². The maximum absolute atomic E-state index is 13.6. The van der Waals surface area contributed by atoms with Crippen LogP contribution in [0.25, 0.3) is 0 Å². The van der Waals surface area contributed by atoms with Gasteiger partial charge in [-0.1, -0.05) is 45.0 Å². The van der Waals surface area contributed by atoms with Crippen LogP contribution in [0.1, 0.15) is 44.9 Å². The van der Waals surface area contributed by atoms with Gasteiger partial charge in [-0.25, -0.2) is 8.78 Å². The predicted molar refractivity (Wildman–Crippen MR) is 83.5 cm³/mol. The third-order valence-electron chi connectivity index (χ3n) is 3.58. The summed E-state index contributed by atoms with van der Waals surface area (Å²) in [4.78, 5) is 0. The summed E-state index contributed by atoms with van der Waals surface area (Å²) in [5.74, 6) is -0.899. The SMILES string of the molecule is CC(Nc1cc(F)ccc1F)c1ccc(C(C)(C)C)cc1. The van der Waals surface area contributed by atoms with E-state index in [2.05, 4.69) is 38.2 Å². The zero-order valence-electron chi connectivity index (χ0n) is 12.9. The number of hydrogen-bond acceptors (Lipinski definition) is 1. The standard InChI is InChI=1S/C18H21F2N/c1-12(21-17-11-15(19)9-10-16(17)20)13-5-7-14(8-6-13)18(2,3)4/h5-12,21H,1-4H3. The van der Waals surface area contributed by atoms with Gasteiger partial charge >= 0.3 is 0 Å². The first-order chi connectivity index (χ1) is 9.77. The molecule has 0 bridgehead atoms. The van der Waals surface area contributed by atoms with E-state index in [4.69, 9.17) is 0 Å². The van der Waals surface area contributed by atoms with Crippen molar-refractivity contribution < 1.29 is 8.78 Å². The van der Waals surface area contributed by atoms with Crippen LogP contribution in [0.5, 0.6) is 0 Å². The summed E-state index contributed by atoms with van der Waals surface area (Å²) in [6.07, 6.45) is 0. The van der Waals surface area contributed by atoms with Crippen LogP contribution in [0.15, 0.2) is 42.5 Å². The highest BCUT2D eigenvalue weighted by Gasteiger charge is 2.14. The van der Waals surface area contributed by atoms with Gasteiger partial charge in [0.25, 0.3) is 0 Å². The molecular weight excluding hydrogens is 268 g/mol. The summed E-state index contributed by atoms with van der Waals surface area (Å²) in [6.45, 7) is 8.40. The zero-order chi connectivity index (χ0) is 15.6. The van der Waals surface area contributed by atoms with Crippen molar-refractivity contribution in [1.29, 1.82) is 0 Å². The smallest absolute Gasteiger partial charge is 0.146 e. The summed E-state index contributed by atoms with van der Waals surface area (Å²) >= 11 is 0. The Hall–Kier alpha value is -1.90. The molecule has 0 aliphatic carbocycles. The first-order valence-corrected chi connectivity index (χ1v) is 7.09. The van der Waals surface area contributed by atoms with Crippen LogP contribution < -0.4 is 5.32 Å². The van der Waals surface area contributed by atoms with Crippen molar-refractivity contribution in [3.05, 3.63) is 65.2 Å². The minimum absolute atomic E-state index is 0.101. The Labute approximate surface area is 125 Å². The van der Waals surface area contributed by atoms with Crippen molar-refractivity contribution in [2.45, 2.75) is 39.2 Å². The molecule has 2 aromatic rings. The first-order valence-electron chi connectivity index (χ1n) is 7.09. The lowest BCUT2D eigenvalue weighted by Gasteiger charge is -2.21. The Morgan fingerprint density at radius 3 is 2.14 bits per heavy atom. The third-order valence-corrected chi connectivity index (χ3v) is 3.58. The minimum Gasteiger partial charge on any atom is -0.376 e. The highest BCUT2D eigenvalue weighted by atomic mass is 19.1. The molecule has 21 heavy (non-hydrogen) atoms. The molecule has 0 aromatic heterocycles. The number of halogens is 2. The molecule has 0 radical (unpaired) electrons. The van der Waals surface area contributed by atoms with E-state index in [0.29, 0.717) is 0 Å². The van der Waals surface area contributed by atoms with E-state index in [-0.39, 0.29) is 17.1 Å². The Balaban J connectivity index is 2.17. The number of benzene rings is 2. The molecule has 0 heterocycles. The van der Waals surface area contributed by atoms with E-state index in [1.54, 1.807) is 0 Å². The van der Waals surface area contributed by atoms with Gasteiger partial charge in [0.05, 0.1) is 5.69 Å². The van der Waals surface area contributed by atoms with Crippen LogP contribution in [0.2, 0.25) is 0 Å². The van der Waals surface area contributed by atoms with Crippen LogP contribution in [-0.2, 0) is 5.41 Å². The normalized spacial score (nSPS) is 13.0. The Bertz CT molecular complexity index is 612. The Kier molecular flexibility index (Phi) is 4.31. The van der Waals surface area contributed by atoms with E-state index < -0.39 is 11.6 Å². The highest BCUT2D eigenvalue weighted by Crippen LogP contribution is 2.26. The second kappa shape index (κ2) is 5.84. The second-order valence-corrected chi connectivity index (χ2v) is 6.36. The second-order valence-electron chi connectivity index (χ2n) is 6.36. The van der Waals surface area contributed by atoms with Gasteiger partial charge in [-0.15, -0.1) is 0 Å². The molecule has 1 unspecified atom stereocenters. The van der Waals surface area contributed by atoms with Gasteiger partial charge in [-0.2, -0.15) is 0 Å². The highest BCUT2D eigenvalue weighted by molar-refractivity contribution is 5.47. The van der Waals surface area contributed by atoms with E-state index in [1.165, 1.54) is 11.6 Å². The monoisotopic (exact) mass is 289 g/mol. The van der Waals surface area contributed by atoms with Gasteiger partial charge in [0.2, 0.25) is 0 Å². The van der Waals surface area contributed by atoms with Gasteiger partial charge in [0.15, 0.2) is 0 Å². The summed E-state index contributed by atoms with van der Waals surface area (Å²) < 4.78 is 26.8. The average Bonchev–Trinajstić information content (AvgIpc) is 2.42. The summed E-state index contributed by atoms with van der Waals surface area (Å²) in [7, 11) is 0. The lowest BCUT2D eigenvalue weighted by atomic mass is 9.86. The molecule has 0 aliphatic rings. The lowest BCUT2D eigenvalue weighted by Crippen LogP contribution is -2.12. The van der Waals surface area contributed by atoms with Crippen LogP contribution in [0.4, 0.5) is 14.5 Å². The molecular formula is C18H21F2N. The van der Waals surface area contributed by atoms with Crippen molar-refractivity contribution in [3.63, 3.8) is 0 Å². The zero-order valence-corrected chi connectivity index (χ0v) is 12.9. The predicted octanol–water partition coefficient (Wildman–Crippen LogP) is 5.44. The van der Waals surface area contributed by atoms with Crippen molar-refractivity contribution in [1.82, 2.24) is 0 Å². The van der Waals surface area contributed by atoms with Gasteiger partial charge in [-0.05, 0) is 41.7 Å². The molecule has 3 heteroatoms. The number of nitrogens with one attached hydrogen (secondary N) is 1. The van der Waals surface area contributed by atoms with Crippen LogP contribution in [-0.4, -0.2) is 0 Å². The van der Waals surface area contributed by atoms with E-state index >= 15 is 0 Å². The summed E-state index contributed by atoms with van der Waals surface area (Å²) in [5, 5.41) is 3.01. The third kappa shape index (κ3) is 3.81. The molecule has 0 saturated heterocycles. The summed E-state index contributed by atoms with van der Waals surface area (Å²) in [5.41, 5.74) is 2.56. The minimum atomic E-state index is -0.450. The molecule has 1 atom stereocenters. The lowest BCUT2D eigenvalue weighted by molar-refractivity contribution is 0.589. The van der Waals surface area contributed by atoms with Crippen LogP contribution in [0.3, 0.4) is 0 Å². The van der Waals surface area contributed by atoms with Gasteiger partial charge in [0, 0.05) is 6.04 Å². The van der Waals surface area contributed by atoms with Crippen molar-refractivity contribution >= 4 is 5.69 Å². The maximum atomic E-state index is 13.6. The van der Waals surface area contributed by atoms with Crippen LogP contribution >= 0.6 is 0 Å². The van der Waals surface area contributed by atoms with Gasteiger partial charge in [-0.3, -0.25) is 0 Å². The fourth-order valence-corrected chi connectivity index (χ4v) is 2.20. The van der Waals surface area contributed by atoms with Crippen molar-refractivity contribution in [3.8, 4) is 0 Å². The average molecular weight is 289 g/mol. The van der Waals surface area contributed by atoms with E-state index in [9.17, 15) is 8.78 Å². The molecule has 1 nitrogen and oxygen atoms in total. The van der Waals surface area contributed by atoms with E-state index in [0.717, 1.165) is 17.7 Å². The molecule has 0 amide bonds.